The molecule has 0 unspecified atom stereocenters. The molecule has 0 spiro atoms. The van der Waals surface area contributed by atoms with Crippen LogP contribution in [0.25, 0.3) is 0 Å². The van der Waals surface area contributed by atoms with E-state index in [4.69, 9.17) is 4.74 Å². The first-order valence-electron chi connectivity index (χ1n) is 11.7. The number of urea groups is 1. The number of piperidine rings is 1. The van der Waals surface area contributed by atoms with Crippen molar-refractivity contribution in [3.8, 4) is 5.75 Å². The van der Waals surface area contributed by atoms with Crippen molar-refractivity contribution in [1.29, 1.82) is 0 Å². The second kappa shape index (κ2) is 11.5. The molecular weight excluding hydrogens is 410 g/mol. The largest absolute Gasteiger partial charge is 0.497 e. The Balaban J connectivity index is 1.26. The molecule has 4 rings (SSSR count). The normalized spacial score (nSPS) is 14.6. The Morgan fingerprint density at radius 2 is 1.67 bits per heavy atom. The summed E-state index contributed by atoms with van der Waals surface area (Å²) in [6.07, 6.45) is 3.65. The van der Waals surface area contributed by atoms with Crippen molar-refractivity contribution >= 4 is 11.7 Å². The predicted molar refractivity (Wildman–Crippen MR) is 133 cm³/mol. The lowest BCUT2D eigenvalue weighted by Crippen LogP contribution is -2.34. The third kappa shape index (κ3) is 6.83. The molecule has 3 aromatic rings. The van der Waals surface area contributed by atoms with E-state index in [9.17, 15) is 4.79 Å². The standard InChI is InChI=1S/C28H33N3O2/c1-33-27-13-7-12-26(19-27)30-28(32)29-20-24-10-5-6-11-25(24)21-31-16-14-23(15-17-31)18-22-8-3-2-4-9-22/h2-13,19,23H,14-18,20-21H2,1H3,(H2,29,30,32). The van der Waals surface area contributed by atoms with Gasteiger partial charge in [0.05, 0.1) is 7.11 Å². The number of hydrogen-bond acceptors (Lipinski definition) is 3. The number of anilines is 1. The van der Waals surface area contributed by atoms with Crippen LogP contribution in [0.2, 0.25) is 0 Å². The lowest BCUT2D eigenvalue weighted by Gasteiger charge is -2.32. The van der Waals surface area contributed by atoms with Gasteiger partial charge < -0.3 is 15.4 Å². The van der Waals surface area contributed by atoms with Crippen LogP contribution in [0.15, 0.2) is 78.9 Å². The first-order valence-corrected chi connectivity index (χ1v) is 11.7. The van der Waals surface area contributed by atoms with E-state index in [1.807, 2.05) is 24.3 Å². The Morgan fingerprint density at radius 1 is 0.939 bits per heavy atom. The predicted octanol–water partition coefficient (Wildman–Crippen LogP) is 5.47. The summed E-state index contributed by atoms with van der Waals surface area (Å²) < 4.78 is 5.21. The monoisotopic (exact) mass is 443 g/mol. The van der Waals surface area contributed by atoms with Crippen LogP contribution >= 0.6 is 0 Å². The highest BCUT2D eigenvalue weighted by Crippen LogP contribution is 2.23. The third-order valence-corrected chi connectivity index (χ3v) is 6.35. The van der Waals surface area contributed by atoms with Gasteiger partial charge in [-0.1, -0.05) is 60.7 Å². The van der Waals surface area contributed by atoms with Gasteiger partial charge in [-0.05, 0) is 67.1 Å². The number of nitrogens with one attached hydrogen (secondary N) is 2. The number of amides is 2. The molecule has 33 heavy (non-hydrogen) atoms. The highest BCUT2D eigenvalue weighted by atomic mass is 16.5. The van der Waals surface area contributed by atoms with Gasteiger partial charge in [0.15, 0.2) is 0 Å². The van der Waals surface area contributed by atoms with Gasteiger partial charge in [0.25, 0.3) is 0 Å². The van der Waals surface area contributed by atoms with Crippen LogP contribution in [0.5, 0.6) is 5.75 Å². The van der Waals surface area contributed by atoms with E-state index >= 15 is 0 Å². The quantitative estimate of drug-likeness (QED) is 0.485. The van der Waals surface area contributed by atoms with Crippen LogP contribution in [0, 0.1) is 5.92 Å². The smallest absolute Gasteiger partial charge is 0.319 e. The van der Waals surface area contributed by atoms with Crippen molar-refractivity contribution in [3.05, 3.63) is 95.6 Å². The van der Waals surface area contributed by atoms with Crippen molar-refractivity contribution in [2.24, 2.45) is 5.92 Å². The van der Waals surface area contributed by atoms with Gasteiger partial charge in [-0.3, -0.25) is 4.90 Å². The number of benzene rings is 3. The van der Waals surface area contributed by atoms with Crippen LogP contribution < -0.4 is 15.4 Å². The summed E-state index contributed by atoms with van der Waals surface area (Å²) in [5.74, 6) is 1.48. The van der Waals surface area contributed by atoms with Crippen molar-refractivity contribution in [1.82, 2.24) is 10.2 Å². The Morgan fingerprint density at radius 3 is 2.42 bits per heavy atom. The van der Waals surface area contributed by atoms with Crippen molar-refractivity contribution in [3.63, 3.8) is 0 Å². The van der Waals surface area contributed by atoms with Crippen molar-refractivity contribution < 1.29 is 9.53 Å². The second-order valence-corrected chi connectivity index (χ2v) is 8.72. The zero-order valence-electron chi connectivity index (χ0n) is 19.3. The van der Waals surface area contributed by atoms with E-state index in [1.165, 1.54) is 30.4 Å². The highest BCUT2D eigenvalue weighted by molar-refractivity contribution is 5.89. The number of ether oxygens (including phenoxy) is 1. The van der Waals surface area contributed by atoms with Gasteiger partial charge in [-0.25, -0.2) is 4.79 Å². The fourth-order valence-corrected chi connectivity index (χ4v) is 4.47. The molecule has 1 aliphatic heterocycles. The minimum absolute atomic E-state index is 0.222. The molecule has 0 saturated carbocycles. The summed E-state index contributed by atoms with van der Waals surface area (Å²) in [5, 5.41) is 5.86. The topological polar surface area (TPSA) is 53.6 Å². The molecule has 0 atom stereocenters. The first-order chi connectivity index (χ1) is 16.2. The molecule has 0 bridgehead atoms. The Labute approximate surface area is 196 Å². The number of carbonyl (C=O) groups is 1. The van der Waals surface area contributed by atoms with E-state index < -0.39 is 0 Å². The van der Waals surface area contributed by atoms with E-state index in [0.29, 0.717) is 18.0 Å². The summed E-state index contributed by atoms with van der Waals surface area (Å²) in [5.41, 5.74) is 4.59. The molecule has 5 heteroatoms. The van der Waals surface area contributed by atoms with Gasteiger partial charge in [0.1, 0.15) is 5.75 Å². The van der Waals surface area contributed by atoms with Crippen LogP contribution in [0.1, 0.15) is 29.5 Å². The van der Waals surface area contributed by atoms with E-state index in [-0.39, 0.29) is 6.03 Å². The zero-order valence-corrected chi connectivity index (χ0v) is 19.3. The summed E-state index contributed by atoms with van der Waals surface area (Å²) >= 11 is 0. The van der Waals surface area contributed by atoms with E-state index in [1.54, 1.807) is 13.2 Å². The molecule has 1 fully saturated rings. The molecule has 1 saturated heterocycles. The maximum absolute atomic E-state index is 12.4. The fourth-order valence-electron chi connectivity index (χ4n) is 4.47. The minimum Gasteiger partial charge on any atom is -0.497 e. The highest BCUT2D eigenvalue weighted by Gasteiger charge is 2.20. The Kier molecular flexibility index (Phi) is 7.99. The van der Waals surface area contributed by atoms with Gasteiger partial charge in [0, 0.05) is 24.8 Å². The van der Waals surface area contributed by atoms with Crippen LogP contribution in [0.3, 0.4) is 0 Å². The molecule has 0 aliphatic carbocycles. The molecule has 0 aromatic heterocycles. The summed E-state index contributed by atoms with van der Waals surface area (Å²) in [6.45, 7) is 3.66. The molecular formula is C28H33N3O2. The molecule has 0 radical (unpaired) electrons. The van der Waals surface area contributed by atoms with Crippen LogP contribution in [-0.4, -0.2) is 31.1 Å². The van der Waals surface area contributed by atoms with Gasteiger partial charge in [-0.15, -0.1) is 0 Å². The average molecular weight is 444 g/mol. The third-order valence-electron chi connectivity index (χ3n) is 6.35. The molecule has 172 valence electrons. The Bertz CT molecular complexity index is 1030. The van der Waals surface area contributed by atoms with Gasteiger partial charge >= 0.3 is 6.03 Å². The molecule has 3 aromatic carbocycles. The molecule has 5 nitrogen and oxygen atoms in total. The lowest BCUT2D eigenvalue weighted by atomic mass is 9.90. The van der Waals surface area contributed by atoms with Crippen molar-refractivity contribution in [2.75, 3.05) is 25.5 Å². The summed E-state index contributed by atoms with van der Waals surface area (Å²) in [7, 11) is 1.61. The van der Waals surface area contributed by atoms with Crippen LogP contribution in [0.4, 0.5) is 10.5 Å². The summed E-state index contributed by atoms with van der Waals surface area (Å²) in [4.78, 5) is 14.9. The SMILES string of the molecule is COc1cccc(NC(=O)NCc2ccccc2CN2CCC(Cc3ccccc3)CC2)c1. The van der Waals surface area contributed by atoms with E-state index in [2.05, 4.69) is 64.1 Å². The summed E-state index contributed by atoms with van der Waals surface area (Å²) in [6, 6.07) is 26.3. The molecule has 2 N–H and O–H groups in total. The van der Waals surface area contributed by atoms with Crippen LogP contribution in [-0.2, 0) is 19.5 Å². The van der Waals surface area contributed by atoms with Crippen molar-refractivity contribution in [2.45, 2.75) is 32.4 Å². The first kappa shape index (κ1) is 22.9. The fraction of sp³-hybridized carbons (Fsp3) is 0.321. The number of methoxy groups -OCH3 is 1. The number of carbonyl (C=O) groups excluding carboxylic acids is 1. The maximum atomic E-state index is 12.4. The zero-order chi connectivity index (χ0) is 22.9. The number of hydrogen-bond donors (Lipinski definition) is 2. The molecule has 1 heterocycles. The van der Waals surface area contributed by atoms with Gasteiger partial charge in [-0.2, -0.15) is 0 Å². The second-order valence-electron chi connectivity index (χ2n) is 8.72. The maximum Gasteiger partial charge on any atom is 0.319 e. The minimum atomic E-state index is -0.222. The Hall–Kier alpha value is -3.31. The number of nitrogens with zero attached hydrogens (tertiary/aromatic N) is 1. The number of likely N-dealkylation sites (tertiary alicyclic amines) is 1. The molecule has 2 amide bonds. The average Bonchev–Trinajstić information content (AvgIpc) is 2.85. The van der Waals surface area contributed by atoms with E-state index in [0.717, 1.165) is 31.1 Å². The van der Waals surface area contributed by atoms with Gasteiger partial charge in [0.2, 0.25) is 0 Å². The molecule has 1 aliphatic rings. The lowest BCUT2D eigenvalue weighted by molar-refractivity contribution is 0.176. The number of rotatable bonds is 8.